The Labute approximate surface area is 99.9 Å². The van der Waals surface area contributed by atoms with Crippen LogP contribution in [0.3, 0.4) is 0 Å². The zero-order chi connectivity index (χ0) is 11.8. The third-order valence-electron chi connectivity index (χ3n) is 2.84. The van der Waals surface area contributed by atoms with Gasteiger partial charge in [0.15, 0.2) is 0 Å². The van der Waals surface area contributed by atoms with Crippen LogP contribution in [0.15, 0.2) is 18.2 Å². The van der Waals surface area contributed by atoms with Crippen molar-refractivity contribution >= 4 is 11.6 Å². The highest BCUT2D eigenvalue weighted by Crippen LogP contribution is 2.40. The summed E-state index contributed by atoms with van der Waals surface area (Å²) in [5.41, 5.74) is 0.806. The maximum absolute atomic E-state index is 9.33. The Morgan fingerprint density at radius 1 is 1.50 bits per heavy atom. The molecule has 88 valence electrons. The summed E-state index contributed by atoms with van der Waals surface area (Å²) >= 11 is 5.91. The Kier molecular flexibility index (Phi) is 3.10. The molecule has 0 spiro atoms. The van der Waals surface area contributed by atoms with E-state index in [0.29, 0.717) is 11.4 Å². The summed E-state index contributed by atoms with van der Waals surface area (Å²) in [6, 6.07) is 5.36. The number of halogens is 1. The van der Waals surface area contributed by atoms with Gasteiger partial charge < -0.3 is 14.6 Å². The molecule has 2 unspecified atom stereocenters. The highest BCUT2D eigenvalue weighted by molar-refractivity contribution is 6.30. The number of hydrogen-bond donors (Lipinski definition) is 1. The number of benzene rings is 1. The summed E-state index contributed by atoms with van der Waals surface area (Å²) in [6.07, 6.45) is 0.346. The zero-order valence-electron chi connectivity index (χ0n) is 9.37. The molecule has 1 aromatic carbocycles. The number of ether oxygens (including phenoxy) is 2. The monoisotopic (exact) mass is 242 g/mol. The minimum absolute atomic E-state index is 0.0771. The van der Waals surface area contributed by atoms with Crippen molar-refractivity contribution in [3.8, 4) is 5.75 Å². The fourth-order valence-electron chi connectivity index (χ4n) is 1.78. The lowest BCUT2D eigenvalue weighted by atomic mass is 10.1. The predicted octanol–water partition coefficient (Wildman–Crippen LogP) is 2.91. The normalized spacial score (nSPS) is 28.4. The molecule has 0 saturated carbocycles. The molecule has 0 fully saturated rings. The largest absolute Gasteiger partial charge is 0.462 e. The van der Waals surface area contributed by atoms with E-state index in [1.54, 1.807) is 12.1 Å². The van der Waals surface area contributed by atoms with Gasteiger partial charge in [0, 0.05) is 23.9 Å². The summed E-state index contributed by atoms with van der Waals surface area (Å²) in [6.45, 7) is 3.77. The molecule has 16 heavy (non-hydrogen) atoms. The van der Waals surface area contributed by atoms with E-state index in [-0.39, 0.29) is 12.7 Å². The van der Waals surface area contributed by atoms with Crippen molar-refractivity contribution in [3.05, 3.63) is 28.8 Å². The van der Waals surface area contributed by atoms with Crippen molar-refractivity contribution < 1.29 is 14.6 Å². The first-order chi connectivity index (χ1) is 7.58. The highest BCUT2D eigenvalue weighted by Gasteiger charge is 2.36. The molecule has 0 saturated heterocycles. The predicted molar refractivity (Wildman–Crippen MR) is 61.7 cm³/mol. The van der Waals surface area contributed by atoms with Gasteiger partial charge in [-0.25, -0.2) is 0 Å². The van der Waals surface area contributed by atoms with Gasteiger partial charge in [-0.05, 0) is 18.2 Å². The van der Waals surface area contributed by atoms with Crippen molar-refractivity contribution in [1.82, 2.24) is 0 Å². The number of aliphatic hydroxyl groups excluding tert-OH is 1. The molecule has 3 nitrogen and oxygen atoms in total. The summed E-state index contributed by atoms with van der Waals surface area (Å²) in [4.78, 5) is 0. The lowest BCUT2D eigenvalue weighted by Gasteiger charge is -2.39. The number of rotatable bonds is 2. The van der Waals surface area contributed by atoms with Crippen LogP contribution in [-0.4, -0.2) is 17.5 Å². The van der Waals surface area contributed by atoms with Crippen LogP contribution < -0.4 is 4.74 Å². The topological polar surface area (TPSA) is 38.7 Å². The van der Waals surface area contributed by atoms with Gasteiger partial charge in [-0.1, -0.05) is 18.5 Å². The second-order valence-corrected chi connectivity index (χ2v) is 4.50. The molecule has 1 aliphatic rings. The van der Waals surface area contributed by atoms with Crippen LogP contribution in [-0.2, 0) is 4.74 Å². The fraction of sp³-hybridized carbons (Fsp3) is 0.500. The average Bonchev–Trinajstić information content (AvgIpc) is 2.29. The highest BCUT2D eigenvalue weighted by atomic mass is 35.5. The number of fused-ring (bicyclic) bond motifs is 1. The molecule has 1 aliphatic heterocycles. The van der Waals surface area contributed by atoms with Crippen molar-refractivity contribution in [3.63, 3.8) is 0 Å². The Balaban J connectivity index is 2.42. The first kappa shape index (κ1) is 11.7. The molecule has 2 atom stereocenters. The van der Waals surface area contributed by atoms with E-state index in [1.165, 1.54) is 0 Å². The van der Waals surface area contributed by atoms with Gasteiger partial charge in [-0.3, -0.25) is 0 Å². The van der Waals surface area contributed by atoms with Gasteiger partial charge in [-0.2, -0.15) is 0 Å². The van der Waals surface area contributed by atoms with Gasteiger partial charge in [0.05, 0.1) is 6.61 Å². The SMILES string of the molecule is CCC1(C)Oc2ccc(Cl)cc2C(CO)O1. The fourth-order valence-corrected chi connectivity index (χ4v) is 1.96. The van der Waals surface area contributed by atoms with Crippen molar-refractivity contribution in [2.45, 2.75) is 32.2 Å². The van der Waals surface area contributed by atoms with E-state index in [2.05, 4.69) is 0 Å². The molecular weight excluding hydrogens is 228 g/mol. The summed E-state index contributed by atoms with van der Waals surface area (Å²) in [7, 11) is 0. The van der Waals surface area contributed by atoms with Crippen molar-refractivity contribution in [2.24, 2.45) is 0 Å². The summed E-state index contributed by atoms with van der Waals surface area (Å²) < 4.78 is 11.5. The molecular formula is C12H15ClO3. The second-order valence-electron chi connectivity index (χ2n) is 4.06. The Morgan fingerprint density at radius 3 is 2.88 bits per heavy atom. The van der Waals surface area contributed by atoms with Crippen LogP contribution in [0.1, 0.15) is 31.9 Å². The maximum Gasteiger partial charge on any atom is 0.208 e. The van der Waals surface area contributed by atoms with Crippen LogP contribution in [0.2, 0.25) is 5.02 Å². The summed E-state index contributed by atoms with van der Waals surface area (Å²) in [5, 5.41) is 9.95. The van der Waals surface area contributed by atoms with E-state index in [1.807, 2.05) is 19.9 Å². The molecule has 0 radical (unpaired) electrons. The van der Waals surface area contributed by atoms with Gasteiger partial charge >= 0.3 is 0 Å². The van der Waals surface area contributed by atoms with E-state index in [9.17, 15) is 5.11 Å². The number of aliphatic hydroxyl groups is 1. The lowest BCUT2D eigenvalue weighted by Crippen LogP contribution is -2.41. The average molecular weight is 243 g/mol. The molecule has 2 rings (SSSR count). The van der Waals surface area contributed by atoms with Crippen molar-refractivity contribution in [1.29, 1.82) is 0 Å². The van der Waals surface area contributed by atoms with E-state index in [0.717, 1.165) is 11.3 Å². The van der Waals surface area contributed by atoms with Crippen LogP contribution in [0.4, 0.5) is 0 Å². The van der Waals surface area contributed by atoms with Crippen LogP contribution >= 0.6 is 11.6 Å². The molecule has 0 aromatic heterocycles. The Morgan fingerprint density at radius 2 is 2.25 bits per heavy atom. The van der Waals surface area contributed by atoms with E-state index < -0.39 is 5.79 Å². The molecule has 1 aromatic rings. The van der Waals surface area contributed by atoms with Crippen molar-refractivity contribution in [2.75, 3.05) is 6.61 Å². The number of hydrogen-bond acceptors (Lipinski definition) is 3. The molecule has 0 aliphatic carbocycles. The standard InChI is InChI=1S/C12H15ClO3/c1-3-12(2)15-10-5-4-8(13)6-9(10)11(7-14)16-12/h4-6,11,14H,3,7H2,1-2H3. The first-order valence-corrected chi connectivity index (χ1v) is 5.73. The lowest BCUT2D eigenvalue weighted by molar-refractivity contribution is -0.227. The van der Waals surface area contributed by atoms with Gasteiger partial charge in [-0.15, -0.1) is 0 Å². The van der Waals surface area contributed by atoms with Gasteiger partial charge in [0.2, 0.25) is 5.79 Å². The van der Waals surface area contributed by atoms with Gasteiger partial charge in [0.1, 0.15) is 11.9 Å². The van der Waals surface area contributed by atoms with E-state index in [4.69, 9.17) is 21.1 Å². The maximum atomic E-state index is 9.33. The minimum atomic E-state index is -0.672. The molecule has 1 N–H and O–H groups in total. The zero-order valence-corrected chi connectivity index (χ0v) is 10.1. The van der Waals surface area contributed by atoms with E-state index >= 15 is 0 Å². The third kappa shape index (κ3) is 2.03. The molecule has 1 heterocycles. The molecule has 0 amide bonds. The van der Waals surface area contributed by atoms with Gasteiger partial charge in [0.25, 0.3) is 0 Å². The minimum Gasteiger partial charge on any atom is -0.462 e. The Bertz CT molecular complexity index is 394. The van der Waals surface area contributed by atoms with Crippen LogP contribution in [0.25, 0.3) is 0 Å². The Hall–Kier alpha value is -0.770. The van der Waals surface area contributed by atoms with Crippen LogP contribution in [0.5, 0.6) is 5.75 Å². The smallest absolute Gasteiger partial charge is 0.208 e. The molecule has 4 heteroatoms. The third-order valence-corrected chi connectivity index (χ3v) is 3.08. The second kappa shape index (κ2) is 4.24. The van der Waals surface area contributed by atoms with Crippen LogP contribution in [0, 0.1) is 0 Å². The quantitative estimate of drug-likeness (QED) is 0.867. The molecule has 0 bridgehead atoms. The first-order valence-electron chi connectivity index (χ1n) is 5.35. The summed E-state index contributed by atoms with van der Waals surface area (Å²) in [5.74, 6) is 0.0628.